The Labute approximate surface area is 135 Å². The average molecular weight is 318 g/mol. The van der Waals surface area contributed by atoms with Crippen molar-refractivity contribution in [3.8, 4) is 0 Å². The summed E-state index contributed by atoms with van der Waals surface area (Å²) in [6.07, 6.45) is 3.96. The maximum absolute atomic E-state index is 12.6. The number of hydrogen-bond donors (Lipinski definition) is 1. The topological polar surface area (TPSA) is 41.6 Å². The van der Waals surface area contributed by atoms with Crippen molar-refractivity contribution in [2.75, 3.05) is 29.6 Å². The third kappa shape index (κ3) is 2.61. The fourth-order valence-corrected chi connectivity index (χ4v) is 5.19. The van der Waals surface area contributed by atoms with Crippen molar-refractivity contribution in [3.05, 3.63) is 29.8 Å². The smallest absolute Gasteiger partial charge is 0.322 e. The van der Waals surface area contributed by atoms with Gasteiger partial charge in [0.05, 0.1) is 5.60 Å². The highest BCUT2D eigenvalue weighted by molar-refractivity contribution is 7.99. The highest BCUT2D eigenvalue weighted by Crippen LogP contribution is 2.38. The van der Waals surface area contributed by atoms with Gasteiger partial charge in [0.2, 0.25) is 0 Å². The Kier molecular flexibility index (Phi) is 3.78. The van der Waals surface area contributed by atoms with Crippen molar-refractivity contribution in [2.24, 2.45) is 0 Å². The summed E-state index contributed by atoms with van der Waals surface area (Å²) < 4.78 is 6.03. The molecule has 1 N–H and O–H groups in total. The minimum Gasteiger partial charge on any atom is -0.374 e. The van der Waals surface area contributed by atoms with Crippen LogP contribution in [-0.4, -0.2) is 42.3 Å². The van der Waals surface area contributed by atoms with Crippen molar-refractivity contribution in [1.29, 1.82) is 0 Å². The molecule has 3 heterocycles. The molecule has 3 aliphatic heterocycles. The first kappa shape index (κ1) is 14.4. The summed E-state index contributed by atoms with van der Waals surface area (Å²) >= 11 is 1.97. The van der Waals surface area contributed by atoms with Gasteiger partial charge in [0.25, 0.3) is 0 Å². The number of benzene rings is 1. The molecule has 4 rings (SSSR count). The molecule has 1 spiro atoms. The van der Waals surface area contributed by atoms with E-state index in [1.165, 1.54) is 11.3 Å². The predicted molar refractivity (Wildman–Crippen MR) is 89.7 cm³/mol. The molecule has 5 heteroatoms. The number of ether oxygens (including phenoxy) is 1. The van der Waals surface area contributed by atoms with Crippen molar-refractivity contribution in [3.63, 3.8) is 0 Å². The van der Waals surface area contributed by atoms with Gasteiger partial charge in [0.15, 0.2) is 0 Å². The quantitative estimate of drug-likeness (QED) is 0.866. The molecule has 1 aromatic rings. The van der Waals surface area contributed by atoms with Gasteiger partial charge in [-0.1, -0.05) is 18.2 Å². The summed E-state index contributed by atoms with van der Waals surface area (Å²) in [5.74, 6) is 2.26. The SMILES string of the molecule is O=C(N[C@@H]1CCO[C@@]2(CCSC2)C1)N1CCc2ccccc21. The number of amides is 2. The first-order valence-corrected chi connectivity index (χ1v) is 9.29. The predicted octanol–water partition coefficient (Wildman–Crippen LogP) is 2.81. The van der Waals surface area contributed by atoms with Crippen molar-refractivity contribution < 1.29 is 9.53 Å². The molecule has 0 aromatic heterocycles. The molecule has 2 saturated heterocycles. The largest absolute Gasteiger partial charge is 0.374 e. The minimum absolute atomic E-state index is 0.0176. The molecule has 3 aliphatic rings. The van der Waals surface area contributed by atoms with Gasteiger partial charge in [-0.15, -0.1) is 0 Å². The summed E-state index contributed by atoms with van der Waals surface area (Å²) in [5, 5.41) is 3.25. The summed E-state index contributed by atoms with van der Waals surface area (Å²) in [4.78, 5) is 14.5. The summed E-state index contributed by atoms with van der Waals surface area (Å²) in [7, 11) is 0. The van der Waals surface area contributed by atoms with Crippen LogP contribution in [-0.2, 0) is 11.2 Å². The van der Waals surface area contributed by atoms with E-state index >= 15 is 0 Å². The van der Waals surface area contributed by atoms with Gasteiger partial charge in [-0.2, -0.15) is 11.8 Å². The number of anilines is 1. The van der Waals surface area contributed by atoms with Gasteiger partial charge in [0, 0.05) is 30.6 Å². The van der Waals surface area contributed by atoms with E-state index < -0.39 is 0 Å². The number of nitrogens with zero attached hydrogens (tertiary/aromatic N) is 1. The third-order valence-electron chi connectivity index (χ3n) is 5.02. The zero-order chi connectivity index (χ0) is 15.0. The van der Waals surface area contributed by atoms with Gasteiger partial charge in [-0.3, -0.25) is 4.90 Å². The molecule has 2 amide bonds. The maximum atomic E-state index is 12.6. The lowest BCUT2D eigenvalue weighted by Crippen LogP contribution is -2.51. The van der Waals surface area contributed by atoms with Crippen LogP contribution < -0.4 is 10.2 Å². The minimum atomic E-state index is 0.0176. The lowest BCUT2D eigenvalue weighted by Gasteiger charge is -2.38. The number of carbonyl (C=O) groups is 1. The van der Waals surface area contributed by atoms with Crippen LogP contribution in [0.15, 0.2) is 24.3 Å². The molecule has 0 bridgehead atoms. The summed E-state index contributed by atoms with van der Waals surface area (Å²) in [6, 6.07) is 8.50. The van der Waals surface area contributed by atoms with Gasteiger partial charge >= 0.3 is 6.03 Å². The van der Waals surface area contributed by atoms with E-state index in [9.17, 15) is 4.79 Å². The van der Waals surface area contributed by atoms with Crippen LogP contribution in [0.1, 0.15) is 24.8 Å². The van der Waals surface area contributed by atoms with E-state index in [4.69, 9.17) is 4.74 Å². The van der Waals surface area contributed by atoms with Crippen LogP contribution in [0, 0.1) is 0 Å². The maximum Gasteiger partial charge on any atom is 0.322 e. The van der Waals surface area contributed by atoms with Crippen LogP contribution >= 0.6 is 11.8 Å². The Balaban J connectivity index is 1.42. The fraction of sp³-hybridized carbons (Fsp3) is 0.588. The number of nitrogens with one attached hydrogen (secondary N) is 1. The van der Waals surface area contributed by atoms with E-state index in [2.05, 4.69) is 11.4 Å². The fourth-order valence-electron chi connectivity index (χ4n) is 3.82. The first-order valence-electron chi connectivity index (χ1n) is 8.13. The molecule has 0 unspecified atom stereocenters. The second-order valence-electron chi connectivity index (χ2n) is 6.50. The zero-order valence-corrected chi connectivity index (χ0v) is 13.5. The molecule has 2 atom stereocenters. The lowest BCUT2D eigenvalue weighted by molar-refractivity contribution is -0.0683. The molecule has 22 heavy (non-hydrogen) atoms. The lowest BCUT2D eigenvalue weighted by atomic mass is 9.90. The average Bonchev–Trinajstić information content (AvgIpc) is 3.14. The normalized spacial score (nSPS) is 30.5. The number of hydrogen-bond acceptors (Lipinski definition) is 3. The zero-order valence-electron chi connectivity index (χ0n) is 12.7. The molecular weight excluding hydrogens is 296 g/mol. The van der Waals surface area contributed by atoms with E-state index in [0.717, 1.165) is 50.3 Å². The molecule has 0 saturated carbocycles. The van der Waals surface area contributed by atoms with E-state index in [0.29, 0.717) is 0 Å². The van der Waals surface area contributed by atoms with Gasteiger partial charge in [-0.05, 0) is 43.1 Å². The second-order valence-corrected chi connectivity index (χ2v) is 7.61. The third-order valence-corrected chi connectivity index (χ3v) is 6.24. The summed E-state index contributed by atoms with van der Waals surface area (Å²) in [6.45, 7) is 1.55. The van der Waals surface area contributed by atoms with E-state index in [1.54, 1.807) is 0 Å². The first-order chi connectivity index (χ1) is 10.8. The van der Waals surface area contributed by atoms with Crippen molar-refractivity contribution >= 4 is 23.5 Å². The standard InChI is InChI=1S/C17H22N2O2S/c20-16(19-8-5-13-3-1-2-4-15(13)19)18-14-6-9-21-17(11-14)7-10-22-12-17/h1-4,14H,5-12H2,(H,18,20)/t14-,17+/m1/s1. The van der Waals surface area contributed by atoms with Crippen LogP contribution in [0.4, 0.5) is 10.5 Å². The Morgan fingerprint density at radius 3 is 3.18 bits per heavy atom. The van der Waals surface area contributed by atoms with Crippen LogP contribution in [0.3, 0.4) is 0 Å². The monoisotopic (exact) mass is 318 g/mol. The Hall–Kier alpha value is -1.20. The molecule has 4 nitrogen and oxygen atoms in total. The molecule has 118 valence electrons. The van der Waals surface area contributed by atoms with Crippen molar-refractivity contribution in [2.45, 2.75) is 37.3 Å². The second kappa shape index (κ2) is 5.78. The molecule has 1 aromatic carbocycles. The van der Waals surface area contributed by atoms with Crippen LogP contribution in [0.25, 0.3) is 0 Å². The number of rotatable bonds is 1. The van der Waals surface area contributed by atoms with E-state index in [1.807, 2.05) is 34.9 Å². The Morgan fingerprint density at radius 1 is 1.41 bits per heavy atom. The number of thioether (sulfide) groups is 1. The van der Waals surface area contributed by atoms with Crippen LogP contribution in [0.5, 0.6) is 0 Å². The van der Waals surface area contributed by atoms with E-state index in [-0.39, 0.29) is 17.7 Å². The Bertz CT molecular complexity index is 572. The number of para-hydroxylation sites is 1. The van der Waals surface area contributed by atoms with Crippen molar-refractivity contribution in [1.82, 2.24) is 5.32 Å². The molecular formula is C17H22N2O2S. The van der Waals surface area contributed by atoms with Gasteiger partial charge in [-0.25, -0.2) is 4.79 Å². The van der Waals surface area contributed by atoms with Crippen LogP contribution in [0.2, 0.25) is 0 Å². The molecule has 0 radical (unpaired) electrons. The summed E-state index contributed by atoms with van der Waals surface area (Å²) in [5.41, 5.74) is 2.36. The van der Waals surface area contributed by atoms with Gasteiger partial charge in [0.1, 0.15) is 0 Å². The number of urea groups is 1. The molecule has 2 fully saturated rings. The van der Waals surface area contributed by atoms with Gasteiger partial charge < -0.3 is 10.1 Å². The molecule has 0 aliphatic carbocycles. The number of carbonyl (C=O) groups excluding carboxylic acids is 1. The number of fused-ring (bicyclic) bond motifs is 1. The highest BCUT2D eigenvalue weighted by atomic mass is 32.2. The highest BCUT2D eigenvalue weighted by Gasteiger charge is 2.41. The Morgan fingerprint density at radius 2 is 2.32 bits per heavy atom.